The van der Waals surface area contributed by atoms with E-state index in [1.165, 1.54) is 29.5 Å². The van der Waals surface area contributed by atoms with Gasteiger partial charge in [-0.3, -0.25) is 14.9 Å². The van der Waals surface area contributed by atoms with Crippen molar-refractivity contribution in [2.75, 3.05) is 19.6 Å². The third-order valence-corrected chi connectivity index (χ3v) is 3.52. The minimum atomic E-state index is -0.538. The van der Waals surface area contributed by atoms with Crippen LogP contribution in [0.25, 0.3) is 5.69 Å². The maximum absolute atomic E-state index is 12.1. The van der Waals surface area contributed by atoms with Gasteiger partial charge >= 0.3 is 0 Å². The molecular weight excluding hydrogens is 288 g/mol. The first-order valence-corrected chi connectivity index (χ1v) is 6.77. The summed E-state index contributed by atoms with van der Waals surface area (Å²) < 4.78 is 1.29. The quantitative estimate of drug-likeness (QED) is 0.599. The number of nitrogens with one attached hydrogen (secondary N) is 2. The van der Waals surface area contributed by atoms with E-state index >= 15 is 0 Å². The summed E-state index contributed by atoms with van der Waals surface area (Å²) >= 11 is 0. The van der Waals surface area contributed by atoms with Gasteiger partial charge in [-0.15, -0.1) is 0 Å². The second-order valence-electron chi connectivity index (χ2n) is 5.03. The fourth-order valence-corrected chi connectivity index (χ4v) is 2.17. The van der Waals surface area contributed by atoms with Crippen molar-refractivity contribution in [1.82, 2.24) is 25.4 Å². The summed E-state index contributed by atoms with van der Waals surface area (Å²) in [5.41, 5.74) is 0.327. The topological polar surface area (TPSA) is 115 Å². The molecule has 9 nitrogen and oxygen atoms in total. The van der Waals surface area contributed by atoms with E-state index in [4.69, 9.17) is 0 Å². The molecule has 3 rings (SSSR count). The summed E-state index contributed by atoms with van der Waals surface area (Å²) in [6.07, 6.45) is 2.66. The van der Waals surface area contributed by atoms with Crippen molar-refractivity contribution in [2.24, 2.45) is 5.92 Å². The number of nitro groups is 1. The third kappa shape index (κ3) is 2.79. The monoisotopic (exact) mass is 302 g/mol. The Balaban J connectivity index is 1.82. The molecule has 1 fully saturated rings. The van der Waals surface area contributed by atoms with Crippen molar-refractivity contribution in [1.29, 1.82) is 0 Å². The van der Waals surface area contributed by atoms with E-state index in [0.717, 1.165) is 13.1 Å². The van der Waals surface area contributed by atoms with Gasteiger partial charge in [0.25, 0.3) is 11.6 Å². The lowest BCUT2D eigenvalue weighted by molar-refractivity contribution is -0.384. The molecule has 0 saturated carbocycles. The molecule has 2 heterocycles. The van der Waals surface area contributed by atoms with Crippen molar-refractivity contribution >= 4 is 11.6 Å². The van der Waals surface area contributed by atoms with Gasteiger partial charge in [0.1, 0.15) is 18.3 Å². The van der Waals surface area contributed by atoms with E-state index < -0.39 is 4.92 Å². The number of aromatic nitrogens is 3. The Bertz CT molecular complexity index is 696. The first-order chi connectivity index (χ1) is 10.6. The van der Waals surface area contributed by atoms with Gasteiger partial charge < -0.3 is 10.6 Å². The zero-order valence-electron chi connectivity index (χ0n) is 11.6. The molecule has 1 aliphatic heterocycles. The molecule has 0 unspecified atom stereocenters. The summed E-state index contributed by atoms with van der Waals surface area (Å²) in [6, 6.07) is 4.29. The molecule has 2 N–H and O–H groups in total. The van der Waals surface area contributed by atoms with E-state index in [2.05, 4.69) is 20.7 Å². The summed E-state index contributed by atoms with van der Waals surface area (Å²) in [7, 11) is 0. The smallest absolute Gasteiger partial charge is 0.295 e. The molecule has 0 atom stereocenters. The van der Waals surface area contributed by atoms with Crippen molar-refractivity contribution in [3.63, 3.8) is 0 Å². The molecule has 1 saturated heterocycles. The van der Waals surface area contributed by atoms with Gasteiger partial charge in [-0.1, -0.05) is 0 Å². The van der Waals surface area contributed by atoms with E-state index in [0.29, 0.717) is 12.5 Å². The normalized spacial score (nSPS) is 14.4. The van der Waals surface area contributed by atoms with E-state index in [1.54, 1.807) is 6.07 Å². The molecule has 0 spiro atoms. The number of hydrogen-bond donors (Lipinski definition) is 2. The van der Waals surface area contributed by atoms with Crippen molar-refractivity contribution < 1.29 is 9.72 Å². The predicted octanol–water partition coefficient (Wildman–Crippen LogP) is 0.125. The number of carbonyl (C=O) groups excluding carboxylic acids is 1. The molecule has 9 heteroatoms. The highest BCUT2D eigenvalue weighted by molar-refractivity contribution is 5.95. The van der Waals surface area contributed by atoms with Crippen LogP contribution in [-0.2, 0) is 0 Å². The summed E-state index contributed by atoms with van der Waals surface area (Å²) in [5, 5.41) is 21.0. The minimum Gasteiger partial charge on any atom is -0.352 e. The largest absolute Gasteiger partial charge is 0.352 e. The molecule has 1 aromatic carbocycles. The van der Waals surface area contributed by atoms with E-state index in [1.807, 2.05) is 0 Å². The molecule has 1 amide bonds. The average Bonchev–Trinajstić information content (AvgIpc) is 2.98. The van der Waals surface area contributed by atoms with Crippen molar-refractivity contribution in [3.05, 3.63) is 46.5 Å². The van der Waals surface area contributed by atoms with Crippen LogP contribution in [0.1, 0.15) is 10.4 Å². The highest BCUT2D eigenvalue weighted by Crippen LogP contribution is 2.23. The SMILES string of the molecule is O=C(NCC1CNC1)c1ccc(-n2cncn2)c([N+](=O)[O-])c1. The number of rotatable bonds is 5. The van der Waals surface area contributed by atoms with Crippen LogP contribution in [0.15, 0.2) is 30.9 Å². The van der Waals surface area contributed by atoms with Crippen LogP contribution < -0.4 is 10.6 Å². The Hall–Kier alpha value is -2.81. The van der Waals surface area contributed by atoms with Crippen molar-refractivity contribution in [3.8, 4) is 5.69 Å². The molecule has 1 aromatic heterocycles. The van der Waals surface area contributed by atoms with Crippen molar-refractivity contribution in [2.45, 2.75) is 0 Å². The van der Waals surface area contributed by atoms with E-state index in [9.17, 15) is 14.9 Å². The molecule has 0 bridgehead atoms. The Morgan fingerprint density at radius 2 is 2.32 bits per heavy atom. The Morgan fingerprint density at radius 3 is 2.91 bits per heavy atom. The Kier molecular flexibility index (Phi) is 3.79. The van der Waals surface area contributed by atoms with Crippen LogP contribution in [0.3, 0.4) is 0 Å². The van der Waals surface area contributed by atoms with Gasteiger partial charge in [0.05, 0.1) is 4.92 Å². The van der Waals surface area contributed by atoms with Crippen LogP contribution in [-0.4, -0.2) is 45.2 Å². The van der Waals surface area contributed by atoms with Crippen LogP contribution in [0, 0.1) is 16.0 Å². The molecule has 22 heavy (non-hydrogen) atoms. The van der Waals surface area contributed by atoms with Crippen LogP contribution in [0.5, 0.6) is 0 Å². The Morgan fingerprint density at radius 1 is 1.50 bits per heavy atom. The fraction of sp³-hybridized carbons (Fsp3) is 0.308. The van der Waals surface area contributed by atoms with Gasteiger partial charge in [0.15, 0.2) is 0 Å². The predicted molar refractivity (Wildman–Crippen MR) is 76.7 cm³/mol. The highest BCUT2D eigenvalue weighted by atomic mass is 16.6. The minimum absolute atomic E-state index is 0.191. The van der Waals surface area contributed by atoms with Crippen LogP contribution >= 0.6 is 0 Å². The Labute approximate surface area is 125 Å². The lowest BCUT2D eigenvalue weighted by atomic mass is 10.0. The lowest BCUT2D eigenvalue weighted by Crippen LogP contribution is -2.48. The first kappa shape index (κ1) is 14.1. The van der Waals surface area contributed by atoms with Gasteiger partial charge in [-0.2, -0.15) is 5.10 Å². The van der Waals surface area contributed by atoms with Gasteiger partial charge in [-0.25, -0.2) is 9.67 Å². The number of benzene rings is 1. The second-order valence-corrected chi connectivity index (χ2v) is 5.03. The van der Waals surface area contributed by atoms with Gasteiger partial charge in [-0.05, 0) is 12.1 Å². The number of nitrogens with zero attached hydrogens (tertiary/aromatic N) is 4. The number of carbonyl (C=O) groups is 1. The zero-order chi connectivity index (χ0) is 15.5. The highest BCUT2D eigenvalue weighted by Gasteiger charge is 2.21. The summed E-state index contributed by atoms with van der Waals surface area (Å²) in [4.78, 5) is 26.5. The molecule has 114 valence electrons. The molecule has 0 radical (unpaired) electrons. The van der Waals surface area contributed by atoms with Crippen LogP contribution in [0.4, 0.5) is 5.69 Å². The van der Waals surface area contributed by atoms with Gasteiger partial charge in [0, 0.05) is 37.2 Å². The molecular formula is C13H14N6O3. The first-order valence-electron chi connectivity index (χ1n) is 6.77. The zero-order valence-corrected chi connectivity index (χ0v) is 11.6. The molecule has 1 aliphatic rings. The number of amides is 1. The summed E-state index contributed by atoms with van der Waals surface area (Å²) in [6.45, 7) is 2.32. The van der Waals surface area contributed by atoms with Gasteiger partial charge in [0.2, 0.25) is 0 Å². The molecule has 0 aliphatic carbocycles. The fourth-order valence-electron chi connectivity index (χ4n) is 2.17. The lowest BCUT2D eigenvalue weighted by Gasteiger charge is -2.27. The maximum Gasteiger partial charge on any atom is 0.295 e. The van der Waals surface area contributed by atoms with Crippen LogP contribution in [0.2, 0.25) is 0 Å². The standard InChI is InChI=1S/C13H14N6O3/c20-13(16-6-9-4-14-5-9)10-1-2-11(12(3-10)19(21)22)18-8-15-7-17-18/h1-3,7-9,14H,4-6H2,(H,16,20). The number of nitro benzene ring substituents is 1. The maximum atomic E-state index is 12.1. The second kappa shape index (κ2) is 5.90. The third-order valence-electron chi connectivity index (χ3n) is 3.52. The summed E-state index contributed by atoms with van der Waals surface area (Å²) in [5.74, 6) is 0.105. The average molecular weight is 302 g/mol. The van der Waals surface area contributed by atoms with E-state index in [-0.39, 0.29) is 22.8 Å². The molecule has 2 aromatic rings. The number of hydrogen-bond acceptors (Lipinski definition) is 6.